The molecule has 1 aromatic carbocycles. The topological polar surface area (TPSA) is 59.8 Å². The zero-order valence-electron chi connectivity index (χ0n) is 16.1. The van der Waals surface area contributed by atoms with Gasteiger partial charge in [0.25, 0.3) is 5.91 Å². The first-order valence-electron chi connectivity index (χ1n) is 9.45. The van der Waals surface area contributed by atoms with Crippen molar-refractivity contribution in [2.24, 2.45) is 0 Å². The van der Waals surface area contributed by atoms with Crippen LogP contribution in [0.15, 0.2) is 24.3 Å². The van der Waals surface area contributed by atoms with Gasteiger partial charge in [-0.2, -0.15) is 5.10 Å². The molecule has 0 saturated carbocycles. The highest BCUT2D eigenvalue weighted by Crippen LogP contribution is 2.34. The van der Waals surface area contributed by atoms with Crippen LogP contribution >= 0.6 is 0 Å². The molecule has 2 aromatic rings. The van der Waals surface area contributed by atoms with Gasteiger partial charge in [0.1, 0.15) is 13.2 Å². The van der Waals surface area contributed by atoms with Crippen molar-refractivity contribution in [1.82, 2.24) is 19.6 Å². The van der Waals surface area contributed by atoms with Crippen molar-refractivity contribution < 1.29 is 14.3 Å². The molecule has 1 aromatic heterocycles. The molecule has 0 bridgehead atoms. The van der Waals surface area contributed by atoms with E-state index in [0.717, 1.165) is 48.8 Å². The molecule has 0 spiro atoms. The maximum atomic E-state index is 13.0. The predicted molar refractivity (Wildman–Crippen MR) is 101 cm³/mol. The van der Waals surface area contributed by atoms with Crippen molar-refractivity contribution in [3.63, 3.8) is 0 Å². The Morgan fingerprint density at radius 1 is 1.19 bits per heavy atom. The lowest BCUT2D eigenvalue weighted by molar-refractivity contribution is 0.0735. The predicted octanol–water partition coefficient (Wildman–Crippen LogP) is 2.32. The largest absolute Gasteiger partial charge is 0.486 e. The van der Waals surface area contributed by atoms with E-state index in [9.17, 15) is 4.79 Å². The molecule has 1 atom stereocenters. The maximum Gasteiger partial charge on any atom is 0.274 e. The summed E-state index contributed by atoms with van der Waals surface area (Å²) in [4.78, 5) is 17.0. The summed E-state index contributed by atoms with van der Waals surface area (Å²) in [6.07, 6.45) is 1.04. The molecule has 2 aliphatic heterocycles. The fraction of sp³-hybridized carbons (Fsp3) is 0.500. The number of aryl methyl sites for hydroxylation is 1. The summed E-state index contributed by atoms with van der Waals surface area (Å²) in [6.45, 7) is 5.86. The molecule has 0 fully saturated rings. The van der Waals surface area contributed by atoms with E-state index in [1.165, 1.54) is 0 Å². The minimum Gasteiger partial charge on any atom is -0.486 e. The van der Waals surface area contributed by atoms with Crippen molar-refractivity contribution in [1.29, 1.82) is 0 Å². The molecule has 0 N–H and O–H groups in total. The normalized spacial score (nSPS) is 17.7. The number of rotatable bonds is 3. The first-order valence-corrected chi connectivity index (χ1v) is 9.45. The maximum absolute atomic E-state index is 13.0. The van der Waals surface area contributed by atoms with Crippen LogP contribution in [0.3, 0.4) is 0 Å². The number of nitrogens with zero attached hydrogens (tertiary/aromatic N) is 4. The minimum absolute atomic E-state index is 0.0689. The van der Waals surface area contributed by atoms with Gasteiger partial charge in [-0.05, 0) is 44.2 Å². The number of carbonyl (C=O) groups excluding carboxylic acids is 1. The Labute approximate surface area is 159 Å². The fourth-order valence-electron chi connectivity index (χ4n) is 3.63. The van der Waals surface area contributed by atoms with Crippen molar-refractivity contribution in [3.05, 3.63) is 41.2 Å². The summed E-state index contributed by atoms with van der Waals surface area (Å²) in [5, 5.41) is 4.57. The number of aromatic nitrogens is 2. The summed E-state index contributed by atoms with van der Waals surface area (Å²) in [5.41, 5.74) is 2.61. The zero-order valence-corrected chi connectivity index (χ0v) is 16.1. The summed E-state index contributed by atoms with van der Waals surface area (Å²) in [5.74, 6) is 1.43. The Balaban J connectivity index is 1.53. The third-order valence-electron chi connectivity index (χ3n) is 5.37. The summed E-state index contributed by atoms with van der Waals surface area (Å²) in [7, 11) is 3.92. The molecule has 0 unspecified atom stereocenters. The highest BCUT2D eigenvalue weighted by atomic mass is 16.6. The van der Waals surface area contributed by atoms with Gasteiger partial charge in [0, 0.05) is 26.7 Å². The Morgan fingerprint density at radius 2 is 1.96 bits per heavy atom. The summed E-state index contributed by atoms with van der Waals surface area (Å²) < 4.78 is 13.2. The molecule has 4 rings (SSSR count). The average Bonchev–Trinajstić information content (AvgIpc) is 2.99. The van der Waals surface area contributed by atoms with E-state index in [0.29, 0.717) is 18.9 Å². The van der Waals surface area contributed by atoms with Crippen LogP contribution in [-0.4, -0.2) is 59.3 Å². The van der Waals surface area contributed by atoms with E-state index in [1.54, 1.807) is 4.90 Å². The van der Waals surface area contributed by atoms with Crippen LogP contribution in [0.25, 0.3) is 0 Å². The third-order valence-corrected chi connectivity index (χ3v) is 5.37. The second-order valence-electron chi connectivity index (χ2n) is 7.33. The van der Waals surface area contributed by atoms with E-state index in [-0.39, 0.29) is 11.9 Å². The molecular formula is C20H26N4O3. The third kappa shape index (κ3) is 3.51. The molecule has 0 radical (unpaired) electrons. The first kappa shape index (κ1) is 17.9. The molecule has 3 heterocycles. The minimum atomic E-state index is -0.0995. The van der Waals surface area contributed by atoms with Gasteiger partial charge in [0.15, 0.2) is 17.2 Å². The van der Waals surface area contributed by atoms with Crippen molar-refractivity contribution in [2.45, 2.75) is 32.5 Å². The van der Waals surface area contributed by atoms with Gasteiger partial charge in [-0.25, -0.2) is 0 Å². The van der Waals surface area contributed by atoms with Gasteiger partial charge >= 0.3 is 0 Å². The van der Waals surface area contributed by atoms with Gasteiger partial charge < -0.3 is 19.3 Å². The number of ether oxygens (including phenoxy) is 2. The molecule has 1 amide bonds. The van der Waals surface area contributed by atoms with Gasteiger partial charge in [-0.1, -0.05) is 6.07 Å². The Bertz CT molecular complexity index is 848. The molecular weight excluding hydrogens is 344 g/mol. The van der Waals surface area contributed by atoms with Gasteiger partial charge in [0.05, 0.1) is 11.7 Å². The van der Waals surface area contributed by atoms with Crippen LogP contribution in [0.4, 0.5) is 0 Å². The van der Waals surface area contributed by atoms with Crippen molar-refractivity contribution in [2.75, 3.05) is 33.9 Å². The van der Waals surface area contributed by atoms with Gasteiger partial charge in [-0.15, -0.1) is 0 Å². The number of benzene rings is 1. The smallest absolute Gasteiger partial charge is 0.274 e. The van der Waals surface area contributed by atoms with Crippen LogP contribution in [0.2, 0.25) is 0 Å². The molecule has 2 aliphatic rings. The van der Waals surface area contributed by atoms with Crippen molar-refractivity contribution in [3.8, 4) is 11.5 Å². The standard InChI is InChI=1S/C20H26N4O3/c1-14(15-5-6-18-19(11-15)27-10-9-26-18)23(3)20(25)17-12-16-13-22(2)7-4-8-24(16)21-17/h5-6,11-12,14H,4,7-10,13H2,1-3H3/t14-/m1/s1. The summed E-state index contributed by atoms with van der Waals surface area (Å²) in [6, 6.07) is 7.68. The van der Waals surface area contributed by atoms with E-state index in [4.69, 9.17) is 9.47 Å². The van der Waals surface area contributed by atoms with Crippen molar-refractivity contribution >= 4 is 5.91 Å². The van der Waals surface area contributed by atoms with Gasteiger partial charge in [0.2, 0.25) is 0 Å². The second kappa shape index (κ2) is 7.23. The lowest BCUT2D eigenvalue weighted by Gasteiger charge is -2.26. The number of hydrogen-bond acceptors (Lipinski definition) is 5. The molecule has 0 aliphatic carbocycles. The number of carbonyl (C=O) groups is 1. The van der Waals surface area contributed by atoms with Crippen LogP contribution in [0, 0.1) is 0 Å². The second-order valence-corrected chi connectivity index (χ2v) is 7.33. The first-order chi connectivity index (χ1) is 13.0. The number of amides is 1. The molecule has 7 nitrogen and oxygen atoms in total. The van der Waals surface area contributed by atoms with Crippen LogP contribution in [0.5, 0.6) is 11.5 Å². The molecule has 27 heavy (non-hydrogen) atoms. The number of fused-ring (bicyclic) bond motifs is 2. The lowest BCUT2D eigenvalue weighted by Crippen LogP contribution is -2.30. The molecule has 144 valence electrons. The van der Waals surface area contributed by atoms with E-state index >= 15 is 0 Å². The van der Waals surface area contributed by atoms with E-state index in [2.05, 4.69) is 17.0 Å². The quantitative estimate of drug-likeness (QED) is 0.830. The average molecular weight is 370 g/mol. The van der Waals surface area contributed by atoms with Gasteiger partial charge in [-0.3, -0.25) is 9.48 Å². The highest BCUT2D eigenvalue weighted by Gasteiger charge is 2.25. The van der Waals surface area contributed by atoms with Crippen LogP contribution in [0.1, 0.15) is 41.1 Å². The Hall–Kier alpha value is -2.54. The van der Waals surface area contributed by atoms with Crippen LogP contribution in [-0.2, 0) is 13.1 Å². The summed E-state index contributed by atoms with van der Waals surface area (Å²) >= 11 is 0. The Kier molecular flexibility index (Phi) is 4.78. The Morgan fingerprint density at radius 3 is 2.78 bits per heavy atom. The van der Waals surface area contributed by atoms with Crippen LogP contribution < -0.4 is 9.47 Å². The lowest BCUT2D eigenvalue weighted by atomic mass is 10.1. The fourth-order valence-corrected chi connectivity index (χ4v) is 3.63. The highest BCUT2D eigenvalue weighted by molar-refractivity contribution is 5.92. The van der Waals surface area contributed by atoms with E-state index < -0.39 is 0 Å². The monoisotopic (exact) mass is 370 g/mol. The van der Waals surface area contributed by atoms with E-state index in [1.807, 2.05) is 42.9 Å². The molecule has 7 heteroatoms. The zero-order chi connectivity index (χ0) is 19.0. The molecule has 0 saturated heterocycles. The number of hydrogen-bond donors (Lipinski definition) is 0. The SMILES string of the molecule is C[C@H](c1ccc2c(c1)OCCO2)N(C)C(=O)c1cc2n(n1)CCCN(C)C2.